The van der Waals surface area contributed by atoms with Gasteiger partial charge in [-0.15, -0.1) is 0 Å². The molecule has 1 N–H and O–H groups in total. The van der Waals surface area contributed by atoms with E-state index in [9.17, 15) is 0 Å². The summed E-state index contributed by atoms with van der Waals surface area (Å²) in [5, 5.41) is 7.21. The molecule has 72 valence electrons. The van der Waals surface area contributed by atoms with E-state index in [1.807, 2.05) is 6.08 Å². The van der Waals surface area contributed by atoms with Crippen LogP contribution in [0.25, 0.3) is 0 Å². The molecule has 0 aliphatic carbocycles. The molecule has 0 radical (unpaired) electrons. The largest absolute Gasteiger partial charge is 0.308 e. The number of rotatable bonds is 4. The number of aryl methyl sites for hydroxylation is 1. The number of benzene rings is 1. The zero-order chi connectivity index (χ0) is 10.4. The summed E-state index contributed by atoms with van der Waals surface area (Å²) in [6.07, 6.45) is 5.76. The third-order valence-electron chi connectivity index (χ3n) is 2.05. The Labute approximate surface area is 85.3 Å². The van der Waals surface area contributed by atoms with Crippen LogP contribution in [0.1, 0.15) is 11.1 Å². The Kier molecular flexibility index (Phi) is 3.86. The molecule has 1 heteroatoms. The van der Waals surface area contributed by atoms with Gasteiger partial charge in [-0.05, 0) is 24.5 Å². The summed E-state index contributed by atoms with van der Waals surface area (Å²) in [5.74, 6) is 0. The first-order valence-electron chi connectivity index (χ1n) is 4.64. The molecule has 0 amide bonds. The first kappa shape index (κ1) is 10.5. The van der Waals surface area contributed by atoms with E-state index < -0.39 is 0 Å². The van der Waals surface area contributed by atoms with Crippen molar-refractivity contribution in [2.45, 2.75) is 13.3 Å². The minimum atomic E-state index is 0.801. The minimum absolute atomic E-state index is 0.801. The number of hydrogen-bond acceptors (Lipinski definition) is 1. The van der Waals surface area contributed by atoms with Crippen molar-refractivity contribution in [1.29, 1.82) is 5.41 Å². The molecule has 0 aliphatic rings. The highest BCUT2D eigenvalue weighted by Gasteiger charge is 1.95. The van der Waals surface area contributed by atoms with E-state index >= 15 is 0 Å². The van der Waals surface area contributed by atoms with Gasteiger partial charge in [0.1, 0.15) is 0 Å². The summed E-state index contributed by atoms with van der Waals surface area (Å²) in [7, 11) is 0. The second-order valence-electron chi connectivity index (χ2n) is 3.28. The molecule has 0 aromatic heterocycles. The van der Waals surface area contributed by atoms with Gasteiger partial charge in [0, 0.05) is 6.21 Å². The van der Waals surface area contributed by atoms with E-state index in [0.717, 1.165) is 12.0 Å². The van der Waals surface area contributed by atoms with E-state index in [2.05, 4.69) is 37.8 Å². The second-order valence-corrected chi connectivity index (χ2v) is 3.28. The zero-order valence-corrected chi connectivity index (χ0v) is 8.46. The summed E-state index contributed by atoms with van der Waals surface area (Å²) in [4.78, 5) is 0. The lowest BCUT2D eigenvalue weighted by molar-refractivity contribution is 1.21. The summed E-state index contributed by atoms with van der Waals surface area (Å²) >= 11 is 0. The predicted molar refractivity (Wildman–Crippen MR) is 61.9 cm³/mol. The molecule has 1 rings (SSSR count). The van der Waals surface area contributed by atoms with Crippen LogP contribution in [0.5, 0.6) is 0 Å². The molecule has 0 unspecified atom stereocenters. The first-order valence-corrected chi connectivity index (χ1v) is 4.64. The lowest BCUT2D eigenvalue weighted by Crippen LogP contribution is -1.91. The molecular weight excluding hydrogens is 170 g/mol. The van der Waals surface area contributed by atoms with E-state index in [1.54, 1.807) is 6.08 Å². The van der Waals surface area contributed by atoms with Crippen LogP contribution in [0.2, 0.25) is 0 Å². The molecule has 0 heterocycles. The van der Waals surface area contributed by atoms with Gasteiger partial charge >= 0.3 is 0 Å². The fraction of sp³-hybridized carbons (Fsp3) is 0.154. The smallest absolute Gasteiger partial charge is 0.0213 e. The van der Waals surface area contributed by atoms with Gasteiger partial charge in [0.25, 0.3) is 0 Å². The highest BCUT2D eigenvalue weighted by atomic mass is 14.3. The molecule has 0 atom stereocenters. The van der Waals surface area contributed by atoms with Crippen LogP contribution < -0.4 is 0 Å². The maximum Gasteiger partial charge on any atom is 0.0213 e. The monoisotopic (exact) mass is 185 g/mol. The fourth-order valence-electron chi connectivity index (χ4n) is 1.25. The van der Waals surface area contributed by atoms with Crippen molar-refractivity contribution in [2.24, 2.45) is 0 Å². The molecule has 1 nitrogen and oxygen atoms in total. The molecule has 14 heavy (non-hydrogen) atoms. The summed E-state index contributed by atoms with van der Waals surface area (Å²) in [6.45, 7) is 5.69. The van der Waals surface area contributed by atoms with Crippen LogP contribution in [0, 0.1) is 12.3 Å². The van der Waals surface area contributed by atoms with Gasteiger partial charge in [0.15, 0.2) is 0 Å². The van der Waals surface area contributed by atoms with Crippen LogP contribution in [0.3, 0.4) is 0 Å². The third-order valence-corrected chi connectivity index (χ3v) is 2.05. The van der Waals surface area contributed by atoms with Gasteiger partial charge in [-0.1, -0.05) is 48.6 Å². The molecule has 0 aliphatic heterocycles. The van der Waals surface area contributed by atoms with Gasteiger partial charge in [-0.2, -0.15) is 0 Å². The maximum absolute atomic E-state index is 7.21. The van der Waals surface area contributed by atoms with Crippen LogP contribution in [-0.2, 0) is 6.42 Å². The Bertz CT molecular complexity index is 344. The third kappa shape index (κ3) is 3.02. The first-order chi connectivity index (χ1) is 6.76. The Balaban J connectivity index is 2.77. The standard InChI is InChI=1S/C13H15N/c1-3-4-13(10-14)9-12-7-5-11(2)6-8-12/h3-8,10,14H,1,9H2,2H3/b13-4-,14-10?. The van der Waals surface area contributed by atoms with Crippen molar-refractivity contribution < 1.29 is 0 Å². The zero-order valence-electron chi connectivity index (χ0n) is 8.46. The molecule has 1 aromatic carbocycles. The molecule has 0 saturated carbocycles. The number of nitrogens with one attached hydrogen (secondary N) is 1. The summed E-state index contributed by atoms with van der Waals surface area (Å²) < 4.78 is 0. The van der Waals surface area contributed by atoms with Gasteiger partial charge in [0.05, 0.1) is 0 Å². The van der Waals surface area contributed by atoms with Gasteiger partial charge in [0.2, 0.25) is 0 Å². The number of allylic oxidation sites excluding steroid dienone is 3. The van der Waals surface area contributed by atoms with Crippen molar-refractivity contribution in [1.82, 2.24) is 0 Å². The topological polar surface area (TPSA) is 23.9 Å². The Morgan fingerprint density at radius 3 is 2.50 bits per heavy atom. The predicted octanol–water partition coefficient (Wildman–Crippen LogP) is 3.30. The average molecular weight is 185 g/mol. The van der Waals surface area contributed by atoms with E-state index in [0.29, 0.717) is 0 Å². The molecular formula is C13H15N. The van der Waals surface area contributed by atoms with Crippen molar-refractivity contribution in [2.75, 3.05) is 0 Å². The highest BCUT2D eigenvalue weighted by Crippen LogP contribution is 2.08. The van der Waals surface area contributed by atoms with Crippen LogP contribution in [-0.4, -0.2) is 6.21 Å². The molecule has 0 spiro atoms. The lowest BCUT2D eigenvalue weighted by atomic mass is 10.0. The highest BCUT2D eigenvalue weighted by molar-refractivity contribution is 5.76. The van der Waals surface area contributed by atoms with E-state index in [4.69, 9.17) is 5.41 Å². The van der Waals surface area contributed by atoms with Crippen molar-refractivity contribution in [3.05, 3.63) is 59.7 Å². The van der Waals surface area contributed by atoms with Crippen LogP contribution in [0.4, 0.5) is 0 Å². The second kappa shape index (κ2) is 5.18. The molecule has 0 bridgehead atoms. The number of hydrogen-bond donors (Lipinski definition) is 1. The molecule has 1 aromatic rings. The summed E-state index contributed by atoms with van der Waals surface area (Å²) in [5.41, 5.74) is 3.47. The fourth-order valence-corrected chi connectivity index (χ4v) is 1.25. The summed E-state index contributed by atoms with van der Waals surface area (Å²) in [6, 6.07) is 8.36. The van der Waals surface area contributed by atoms with Gasteiger partial charge in [-0.25, -0.2) is 0 Å². The quantitative estimate of drug-likeness (QED) is 0.549. The van der Waals surface area contributed by atoms with Gasteiger partial charge < -0.3 is 5.41 Å². The van der Waals surface area contributed by atoms with Crippen molar-refractivity contribution in [3.63, 3.8) is 0 Å². The SMILES string of the molecule is C=C/C=C(\C=N)Cc1ccc(C)cc1. The Morgan fingerprint density at radius 2 is 2.00 bits per heavy atom. The lowest BCUT2D eigenvalue weighted by Gasteiger charge is -2.01. The van der Waals surface area contributed by atoms with Gasteiger partial charge in [-0.3, -0.25) is 0 Å². The molecule has 0 saturated heterocycles. The van der Waals surface area contributed by atoms with Crippen LogP contribution >= 0.6 is 0 Å². The maximum atomic E-state index is 7.21. The van der Waals surface area contributed by atoms with Crippen molar-refractivity contribution in [3.8, 4) is 0 Å². The average Bonchev–Trinajstić information content (AvgIpc) is 2.20. The molecule has 0 fully saturated rings. The normalized spacial score (nSPS) is 11.1. The van der Waals surface area contributed by atoms with Crippen molar-refractivity contribution >= 4 is 6.21 Å². The van der Waals surface area contributed by atoms with Crippen LogP contribution in [0.15, 0.2) is 48.6 Å². The Hall–Kier alpha value is -1.63. The minimum Gasteiger partial charge on any atom is -0.308 e. The van der Waals surface area contributed by atoms with E-state index in [-0.39, 0.29) is 0 Å². The Morgan fingerprint density at radius 1 is 1.36 bits per heavy atom. The van der Waals surface area contributed by atoms with E-state index in [1.165, 1.54) is 17.3 Å².